The first-order valence-corrected chi connectivity index (χ1v) is 16.5. The summed E-state index contributed by atoms with van der Waals surface area (Å²) in [5.41, 5.74) is 2.83. The summed E-state index contributed by atoms with van der Waals surface area (Å²) in [7, 11) is -3.26. The van der Waals surface area contributed by atoms with Crippen molar-refractivity contribution in [1.82, 2.24) is 10.4 Å². The van der Waals surface area contributed by atoms with Crippen molar-refractivity contribution in [2.75, 3.05) is 19.2 Å². The number of phosphoric acid groups is 1. The third kappa shape index (κ3) is 9.48. The summed E-state index contributed by atoms with van der Waals surface area (Å²) in [5.74, 6) is -4.46. The van der Waals surface area contributed by atoms with Gasteiger partial charge in [-0.1, -0.05) is 37.3 Å². The number of benzene rings is 3. The molecule has 0 heterocycles. The minimum atomic E-state index is -4.75. The van der Waals surface area contributed by atoms with Gasteiger partial charge in [0.15, 0.2) is 0 Å². The van der Waals surface area contributed by atoms with Gasteiger partial charge in [0.2, 0.25) is 0 Å². The van der Waals surface area contributed by atoms with Crippen molar-refractivity contribution < 1.29 is 46.8 Å². The fraction of sp³-hybridized carbons (Fsp3) is 0.353. The topological polar surface area (TPSA) is 147 Å². The van der Waals surface area contributed by atoms with E-state index >= 15 is 0 Å². The van der Waals surface area contributed by atoms with Gasteiger partial charge in [-0.25, -0.2) is 13.3 Å². The van der Waals surface area contributed by atoms with E-state index < -0.39 is 50.0 Å². The number of methoxy groups -OCH3 is 1. The molecular weight excluding hydrogens is 647 g/mol. The highest BCUT2D eigenvalue weighted by atomic mass is 31.2. The van der Waals surface area contributed by atoms with Crippen LogP contribution in [0.4, 0.5) is 14.5 Å². The van der Waals surface area contributed by atoms with Crippen molar-refractivity contribution >= 4 is 25.3 Å². The molecule has 0 aliphatic carbocycles. The van der Waals surface area contributed by atoms with E-state index in [1.165, 1.54) is 66.0 Å². The molecule has 11 nitrogen and oxygen atoms in total. The van der Waals surface area contributed by atoms with Crippen molar-refractivity contribution in [3.8, 4) is 16.9 Å². The first-order valence-electron chi connectivity index (χ1n) is 15.0. The second-order valence-corrected chi connectivity index (χ2v) is 13.4. The predicted octanol–water partition coefficient (Wildman–Crippen LogP) is 7.66. The molecule has 4 N–H and O–H groups in total. The number of nitrogens with one attached hydrogen (secondary N) is 2. The van der Waals surface area contributed by atoms with Gasteiger partial charge in [-0.2, -0.15) is 0 Å². The van der Waals surface area contributed by atoms with E-state index in [0.717, 1.165) is 27.7 Å². The number of carbonyl (C=O) groups is 2. The van der Waals surface area contributed by atoms with E-state index in [9.17, 15) is 33.0 Å². The molecule has 1 unspecified atom stereocenters. The zero-order chi connectivity index (χ0) is 36.0. The molecule has 3 aromatic rings. The van der Waals surface area contributed by atoms with Crippen LogP contribution in [0, 0.1) is 13.8 Å². The highest BCUT2D eigenvalue weighted by Gasteiger charge is 2.33. The Labute approximate surface area is 279 Å². The molecule has 0 saturated heterocycles. The third-order valence-electron chi connectivity index (χ3n) is 7.27. The lowest BCUT2D eigenvalue weighted by atomic mass is 9.93. The number of hydrogen-bond donors (Lipinski definition) is 4. The number of nitrogens with zero attached hydrogens (tertiary/aromatic N) is 1. The summed E-state index contributed by atoms with van der Waals surface area (Å²) < 4.78 is 57.4. The van der Waals surface area contributed by atoms with Gasteiger partial charge in [-0.15, -0.1) is 0 Å². The van der Waals surface area contributed by atoms with Gasteiger partial charge in [0, 0.05) is 28.8 Å². The molecule has 14 heteroatoms. The Bertz CT molecular complexity index is 1720. The number of aryl methyl sites for hydroxylation is 2. The average molecular weight is 690 g/mol. The summed E-state index contributed by atoms with van der Waals surface area (Å²) in [5, 5.41) is 12.5. The van der Waals surface area contributed by atoms with Gasteiger partial charge in [0.05, 0.1) is 18.4 Å². The maximum Gasteiger partial charge on any atom is 0.474 e. The van der Waals surface area contributed by atoms with E-state index in [1.54, 1.807) is 17.6 Å². The van der Waals surface area contributed by atoms with Crippen molar-refractivity contribution in [3.63, 3.8) is 0 Å². The van der Waals surface area contributed by atoms with Crippen LogP contribution in [-0.2, 0) is 24.3 Å². The molecule has 260 valence electrons. The number of phosphoric ester groups is 1. The molecule has 48 heavy (non-hydrogen) atoms. The number of anilines is 1. The average Bonchev–Trinajstić information content (AvgIpc) is 3.00. The smallest absolute Gasteiger partial charge is 0.474 e. The molecule has 0 aliphatic rings. The first kappa shape index (κ1) is 38.3. The Morgan fingerprint density at radius 2 is 1.62 bits per heavy atom. The minimum Gasteiger partial charge on any atom is -0.496 e. The molecule has 1 atom stereocenters. The number of allylic oxidation sites excluding steroid dienone is 1. The molecule has 3 rings (SSSR count). The molecule has 0 aliphatic heterocycles. The van der Waals surface area contributed by atoms with Crippen LogP contribution < -0.4 is 15.5 Å². The van der Waals surface area contributed by atoms with Gasteiger partial charge in [0.1, 0.15) is 18.2 Å². The summed E-state index contributed by atoms with van der Waals surface area (Å²) in [6, 6.07) is 15.4. The van der Waals surface area contributed by atoms with Gasteiger partial charge >= 0.3 is 7.82 Å². The van der Waals surface area contributed by atoms with E-state index in [1.807, 2.05) is 32.0 Å². The van der Waals surface area contributed by atoms with E-state index in [0.29, 0.717) is 11.3 Å². The van der Waals surface area contributed by atoms with Crippen molar-refractivity contribution in [3.05, 3.63) is 94.3 Å². The molecule has 2 amide bonds. The number of hydroxylamine groups is 1. The quantitative estimate of drug-likeness (QED) is 0.0615. The Morgan fingerprint density at radius 1 is 1.00 bits per heavy atom. The van der Waals surface area contributed by atoms with Crippen LogP contribution in [0.3, 0.4) is 0 Å². The predicted molar refractivity (Wildman–Crippen MR) is 178 cm³/mol. The van der Waals surface area contributed by atoms with Crippen molar-refractivity contribution in [2.24, 2.45) is 0 Å². The molecule has 0 aromatic heterocycles. The summed E-state index contributed by atoms with van der Waals surface area (Å²) in [4.78, 5) is 38.8. The number of alkyl halides is 2. The van der Waals surface area contributed by atoms with Crippen LogP contribution in [-0.4, -0.2) is 46.3 Å². The number of halogens is 2. The number of rotatable bonds is 13. The fourth-order valence-corrected chi connectivity index (χ4v) is 5.90. The van der Waals surface area contributed by atoms with Crippen molar-refractivity contribution in [2.45, 2.75) is 66.4 Å². The molecule has 0 fully saturated rings. The highest BCUT2D eigenvalue weighted by Crippen LogP contribution is 2.47. The Kier molecular flexibility index (Phi) is 12.3. The van der Waals surface area contributed by atoms with E-state index in [4.69, 9.17) is 13.8 Å². The van der Waals surface area contributed by atoms with Gasteiger partial charge in [-0.3, -0.25) is 34.2 Å². The number of ether oxygens (including phenoxy) is 1. The fourth-order valence-electron chi connectivity index (χ4n) is 4.90. The molecular formula is C34H42F2N3O8P. The van der Waals surface area contributed by atoms with E-state index in [2.05, 4.69) is 5.32 Å². The second kappa shape index (κ2) is 15.4. The maximum absolute atomic E-state index is 14.3. The van der Waals surface area contributed by atoms with Crippen LogP contribution in [0.15, 0.2) is 72.1 Å². The summed E-state index contributed by atoms with van der Waals surface area (Å²) in [6.07, 6.45) is -0.464. The normalized spacial score (nSPS) is 13.7. The summed E-state index contributed by atoms with van der Waals surface area (Å²) >= 11 is 0. The van der Waals surface area contributed by atoms with Crippen LogP contribution in [0.2, 0.25) is 0 Å². The molecule has 0 saturated carbocycles. The molecule has 0 bridgehead atoms. The van der Waals surface area contributed by atoms with Gasteiger partial charge in [0.25, 0.3) is 17.7 Å². The lowest BCUT2D eigenvalue weighted by molar-refractivity contribution is -0.114. The van der Waals surface area contributed by atoms with Crippen LogP contribution >= 0.6 is 7.82 Å². The lowest BCUT2D eigenvalue weighted by Crippen LogP contribution is -2.36. The van der Waals surface area contributed by atoms with E-state index in [-0.39, 0.29) is 22.5 Å². The van der Waals surface area contributed by atoms with Gasteiger partial charge in [-0.05, 0) is 88.6 Å². The zero-order valence-electron chi connectivity index (χ0n) is 28.2. The van der Waals surface area contributed by atoms with Gasteiger partial charge < -0.3 is 14.9 Å². The molecule has 0 radical (unpaired) electrons. The highest BCUT2D eigenvalue weighted by molar-refractivity contribution is 7.47. The SMILES string of the molecule is CCC(F)(F)c1cccc(NC(=O)/C(NO)=C(\C)N(COP(=O)(O)OC(C)(C)C)C(=O)c2ccc(OC)c(-c3c(C)cccc3C)c2)c1. The number of amides is 2. The molecule has 3 aromatic carbocycles. The number of carbonyl (C=O) groups excluding carboxylic acids is 2. The second-order valence-electron chi connectivity index (χ2n) is 12.0. The Balaban J connectivity index is 2.11. The number of hydrogen-bond acceptors (Lipinski definition) is 8. The van der Waals surface area contributed by atoms with Crippen LogP contribution in [0.5, 0.6) is 5.75 Å². The van der Waals surface area contributed by atoms with Crippen LogP contribution in [0.25, 0.3) is 11.1 Å². The van der Waals surface area contributed by atoms with Crippen molar-refractivity contribution in [1.29, 1.82) is 0 Å². The largest absolute Gasteiger partial charge is 0.496 e. The first-order chi connectivity index (χ1) is 22.3. The zero-order valence-corrected chi connectivity index (χ0v) is 29.1. The Morgan fingerprint density at radius 3 is 2.19 bits per heavy atom. The Hall–Kier alpha value is -4.13. The molecule has 0 spiro atoms. The summed E-state index contributed by atoms with van der Waals surface area (Å²) in [6.45, 7) is 10.1. The maximum atomic E-state index is 14.3. The third-order valence-corrected chi connectivity index (χ3v) is 8.49. The monoisotopic (exact) mass is 689 g/mol. The lowest BCUT2D eigenvalue weighted by Gasteiger charge is -2.28. The van der Waals surface area contributed by atoms with Crippen LogP contribution in [0.1, 0.15) is 68.1 Å². The minimum absolute atomic E-state index is 0.00728. The standard InChI is InChI=1S/C34H42F2N3O8P/c1-9-34(35,36)25-14-11-15-26(19-25)37-31(40)30(38-42)23(4)39(20-46-48(43,44)47-33(5,6)7)32(41)24-16-17-28(45-8)27(18-24)29-21(2)12-10-13-22(29)3/h10-19,38,42H,9,20H2,1-8H3,(H,37,40)(H,43,44)/b30-23-.